The number of aromatic nitrogens is 2. The molecular formula is C4H5IN2O. The summed E-state index contributed by atoms with van der Waals surface area (Å²) in [7, 11) is 1.69. The number of rotatable bonds is 0. The molecule has 0 saturated heterocycles. The number of H-pyrrole nitrogens is 1. The van der Waals surface area contributed by atoms with E-state index in [2.05, 4.69) is 5.10 Å². The monoisotopic (exact) mass is 224 g/mol. The van der Waals surface area contributed by atoms with Crippen molar-refractivity contribution in [3.05, 3.63) is 20.1 Å². The van der Waals surface area contributed by atoms with Gasteiger partial charge in [0.15, 0.2) is 0 Å². The van der Waals surface area contributed by atoms with Gasteiger partial charge in [-0.25, -0.2) is 0 Å². The Morgan fingerprint density at radius 2 is 2.50 bits per heavy atom. The number of hydrogen-bond donors (Lipinski definition) is 1. The molecule has 0 unspecified atom stereocenters. The molecule has 0 amide bonds. The summed E-state index contributed by atoms with van der Waals surface area (Å²) in [5.74, 6) is 0. The molecule has 1 N–H and O–H groups in total. The van der Waals surface area contributed by atoms with E-state index < -0.39 is 0 Å². The van der Waals surface area contributed by atoms with Crippen LogP contribution in [0.25, 0.3) is 0 Å². The van der Waals surface area contributed by atoms with Crippen LogP contribution in [0, 0.1) is 3.57 Å². The topological polar surface area (TPSA) is 37.8 Å². The Kier molecular flexibility index (Phi) is 1.41. The van der Waals surface area contributed by atoms with Crippen LogP contribution in [-0.4, -0.2) is 9.78 Å². The van der Waals surface area contributed by atoms with Gasteiger partial charge in [0.05, 0.1) is 3.57 Å². The summed E-state index contributed by atoms with van der Waals surface area (Å²) < 4.78 is 2.16. The third kappa shape index (κ3) is 0.795. The zero-order valence-electron chi connectivity index (χ0n) is 4.31. The summed E-state index contributed by atoms with van der Waals surface area (Å²) in [5, 5.41) is 2.73. The normalized spacial score (nSPS) is 9.75. The number of nitrogens with one attached hydrogen (secondary N) is 1. The number of hydrogen-bond acceptors (Lipinski definition) is 1. The number of aryl methyl sites for hydroxylation is 1. The summed E-state index contributed by atoms with van der Waals surface area (Å²) in [4.78, 5) is 10.7. The number of nitrogens with zero attached hydrogens (tertiary/aromatic N) is 1. The van der Waals surface area contributed by atoms with Gasteiger partial charge in [0.2, 0.25) is 0 Å². The van der Waals surface area contributed by atoms with Crippen LogP contribution in [0.2, 0.25) is 0 Å². The number of aromatic amines is 1. The largest absolute Gasteiger partial charge is 0.302 e. The molecule has 0 aliphatic carbocycles. The molecule has 0 aliphatic heterocycles. The van der Waals surface area contributed by atoms with Crippen LogP contribution in [0.1, 0.15) is 0 Å². The maximum absolute atomic E-state index is 10.7. The van der Waals surface area contributed by atoms with E-state index >= 15 is 0 Å². The summed E-state index contributed by atoms with van der Waals surface area (Å²) >= 11 is 1.98. The minimum atomic E-state index is 0.0330. The van der Waals surface area contributed by atoms with E-state index in [4.69, 9.17) is 0 Å². The van der Waals surface area contributed by atoms with E-state index in [1.54, 1.807) is 13.2 Å². The van der Waals surface area contributed by atoms with E-state index in [1.165, 1.54) is 4.68 Å². The molecule has 44 valence electrons. The molecule has 0 aromatic carbocycles. The van der Waals surface area contributed by atoms with Crippen molar-refractivity contribution in [3.63, 3.8) is 0 Å². The van der Waals surface area contributed by atoms with Crippen LogP contribution in [0.15, 0.2) is 11.0 Å². The highest BCUT2D eigenvalue weighted by Gasteiger charge is 1.94. The van der Waals surface area contributed by atoms with Crippen molar-refractivity contribution >= 4 is 22.6 Å². The molecule has 1 heterocycles. The lowest BCUT2D eigenvalue weighted by Gasteiger charge is -1.80. The van der Waals surface area contributed by atoms with Gasteiger partial charge in [0.1, 0.15) is 0 Å². The second kappa shape index (κ2) is 1.93. The first kappa shape index (κ1) is 5.87. The van der Waals surface area contributed by atoms with Crippen LogP contribution >= 0.6 is 22.6 Å². The van der Waals surface area contributed by atoms with Crippen LogP contribution in [-0.2, 0) is 7.05 Å². The van der Waals surface area contributed by atoms with E-state index in [0.29, 0.717) is 0 Å². The minimum Gasteiger partial charge on any atom is -0.302 e. The van der Waals surface area contributed by atoms with Crippen LogP contribution in [0.3, 0.4) is 0 Å². The first-order chi connectivity index (χ1) is 3.72. The lowest BCUT2D eigenvalue weighted by Crippen LogP contribution is -2.13. The maximum atomic E-state index is 10.7. The highest BCUT2D eigenvalue weighted by molar-refractivity contribution is 14.1. The second-order valence-corrected chi connectivity index (χ2v) is 2.65. The Hall–Kier alpha value is -0.260. The highest BCUT2D eigenvalue weighted by atomic mass is 127. The third-order valence-corrected chi connectivity index (χ3v) is 1.67. The number of halogens is 1. The summed E-state index contributed by atoms with van der Waals surface area (Å²) in [6.07, 6.45) is 1.67. The Balaban J connectivity index is 3.42. The van der Waals surface area contributed by atoms with Gasteiger partial charge < -0.3 is 5.10 Å². The second-order valence-electron chi connectivity index (χ2n) is 1.49. The van der Waals surface area contributed by atoms with Crippen LogP contribution in [0.4, 0.5) is 0 Å². The fourth-order valence-corrected chi connectivity index (χ4v) is 0.935. The molecule has 8 heavy (non-hydrogen) atoms. The van der Waals surface area contributed by atoms with Crippen molar-refractivity contribution in [2.45, 2.75) is 0 Å². The van der Waals surface area contributed by atoms with Crippen molar-refractivity contribution in [2.24, 2.45) is 7.05 Å². The van der Waals surface area contributed by atoms with Crippen LogP contribution < -0.4 is 5.56 Å². The van der Waals surface area contributed by atoms with Gasteiger partial charge in [-0.1, -0.05) is 0 Å². The molecule has 0 spiro atoms. The van der Waals surface area contributed by atoms with Crippen molar-refractivity contribution in [2.75, 3.05) is 0 Å². The van der Waals surface area contributed by atoms with Crippen molar-refractivity contribution in [1.29, 1.82) is 0 Å². The lowest BCUT2D eigenvalue weighted by molar-refractivity contribution is 0.739. The quantitative estimate of drug-likeness (QED) is 0.633. The molecule has 1 rings (SSSR count). The van der Waals surface area contributed by atoms with Gasteiger partial charge in [-0.15, -0.1) is 0 Å². The van der Waals surface area contributed by atoms with Crippen LogP contribution in [0.5, 0.6) is 0 Å². The summed E-state index contributed by atoms with van der Waals surface area (Å²) in [6.45, 7) is 0. The fraction of sp³-hybridized carbons (Fsp3) is 0.250. The van der Waals surface area contributed by atoms with Crippen molar-refractivity contribution < 1.29 is 0 Å². The average Bonchev–Trinajstić information content (AvgIpc) is 1.98. The van der Waals surface area contributed by atoms with Gasteiger partial charge >= 0.3 is 0 Å². The molecule has 1 aromatic heterocycles. The molecular weight excluding hydrogens is 219 g/mol. The Bertz CT molecular complexity index is 214. The third-order valence-electron chi connectivity index (χ3n) is 0.894. The van der Waals surface area contributed by atoms with Gasteiger partial charge in [-0.3, -0.25) is 9.48 Å². The van der Waals surface area contributed by atoms with E-state index in [-0.39, 0.29) is 5.56 Å². The maximum Gasteiger partial charge on any atom is 0.279 e. The lowest BCUT2D eigenvalue weighted by atomic mass is 10.7. The molecule has 4 heteroatoms. The van der Waals surface area contributed by atoms with Gasteiger partial charge in [0, 0.05) is 13.2 Å². The fourth-order valence-electron chi connectivity index (χ4n) is 0.434. The van der Waals surface area contributed by atoms with Gasteiger partial charge in [-0.2, -0.15) is 0 Å². The standard InChI is InChI=1S/C4H5IN2O/c1-7-4(8)3(5)2-6-7/h2,6H,1H3. The first-order valence-electron chi connectivity index (χ1n) is 2.11. The first-order valence-corrected chi connectivity index (χ1v) is 3.19. The van der Waals surface area contributed by atoms with E-state index in [9.17, 15) is 4.79 Å². The Labute approximate surface area is 59.8 Å². The predicted octanol–water partition coefficient (Wildman–Crippen LogP) is 0.318. The summed E-state index contributed by atoms with van der Waals surface area (Å²) in [5.41, 5.74) is 0.0330. The molecule has 0 aliphatic rings. The summed E-state index contributed by atoms with van der Waals surface area (Å²) in [6, 6.07) is 0. The smallest absolute Gasteiger partial charge is 0.279 e. The predicted molar refractivity (Wildman–Crippen MR) is 38.8 cm³/mol. The van der Waals surface area contributed by atoms with Crippen molar-refractivity contribution in [1.82, 2.24) is 9.78 Å². The molecule has 3 nitrogen and oxygen atoms in total. The average molecular weight is 224 g/mol. The molecule has 1 aromatic rings. The molecule has 0 fully saturated rings. The molecule has 0 atom stereocenters. The zero-order valence-corrected chi connectivity index (χ0v) is 6.47. The van der Waals surface area contributed by atoms with E-state index in [1.807, 2.05) is 22.6 Å². The van der Waals surface area contributed by atoms with Gasteiger partial charge in [-0.05, 0) is 22.6 Å². The minimum absolute atomic E-state index is 0.0330. The molecule has 0 bridgehead atoms. The highest BCUT2D eigenvalue weighted by Crippen LogP contribution is 1.90. The molecule has 0 saturated carbocycles. The SMILES string of the molecule is Cn1[nH]cc(I)c1=O. The van der Waals surface area contributed by atoms with Gasteiger partial charge in [0.25, 0.3) is 5.56 Å². The Morgan fingerprint density at radius 3 is 2.62 bits per heavy atom. The van der Waals surface area contributed by atoms with E-state index in [0.717, 1.165) is 3.57 Å². The molecule has 0 radical (unpaired) electrons. The van der Waals surface area contributed by atoms with Crippen molar-refractivity contribution in [3.8, 4) is 0 Å². The Morgan fingerprint density at radius 1 is 1.88 bits per heavy atom. The zero-order chi connectivity index (χ0) is 6.15.